The first-order chi connectivity index (χ1) is 34.8. The van der Waals surface area contributed by atoms with Crippen molar-refractivity contribution in [3.05, 3.63) is 179 Å². The van der Waals surface area contributed by atoms with Gasteiger partial charge in [-0.05, 0) is 132 Å². The predicted molar refractivity (Wildman–Crippen MR) is 261 cm³/mol. The minimum absolute atomic E-state index is 0.223. The predicted octanol–water partition coefficient (Wildman–Crippen LogP) is 13.0. The lowest BCUT2D eigenvalue weighted by Crippen LogP contribution is -2.49. The number of rotatable bonds is 17. The van der Waals surface area contributed by atoms with E-state index in [-0.39, 0.29) is 24.9 Å². The lowest BCUT2D eigenvalue weighted by atomic mass is 9.73. The van der Waals surface area contributed by atoms with Crippen molar-refractivity contribution < 1.29 is 53.9 Å². The molecule has 1 heterocycles. The Bertz CT molecular complexity index is 2840. The van der Waals surface area contributed by atoms with Crippen LogP contribution in [0, 0.1) is 0 Å². The van der Waals surface area contributed by atoms with Gasteiger partial charge in [0.1, 0.15) is 12.0 Å². The fraction of sp³-hybridized carbons (Fsp3) is 0.316. The summed E-state index contributed by atoms with van der Waals surface area (Å²) in [6, 6.07) is 37.1. The van der Waals surface area contributed by atoms with Crippen LogP contribution in [0.25, 0.3) is 33.4 Å². The van der Waals surface area contributed by atoms with E-state index in [2.05, 4.69) is 15.5 Å². The van der Waals surface area contributed by atoms with Crippen molar-refractivity contribution in [1.29, 1.82) is 0 Å². The number of halogens is 9. The van der Waals surface area contributed by atoms with Crippen LogP contribution >= 0.6 is 0 Å². The molecule has 0 spiro atoms. The second-order valence-electron chi connectivity index (χ2n) is 18.5. The minimum Gasteiger partial charge on any atom is -0.352 e. The Labute approximate surface area is 417 Å². The summed E-state index contributed by atoms with van der Waals surface area (Å²) in [7, 11) is 0. The number of piperidine rings is 1. The molecule has 1 aliphatic heterocycles. The SMILES string of the molecule is O=C(NCCCCCN(C(=O)c1ccccc1-c1ccc(C(F)(F)F)cc1)C1CCN(CCCC2(C(=O)NCC(F)(F)F)c3ccccc3-c3ccccc32)CC1)c1ccccc1-c1ccc(C(F)(F)F)cc1. The summed E-state index contributed by atoms with van der Waals surface area (Å²) in [5.41, 5.74) is 2.45. The van der Waals surface area contributed by atoms with Crippen molar-refractivity contribution in [2.24, 2.45) is 0 Å². The molecule has 0 aromatic heterocycles. The summed E-state index contributed by atoms with van der Waals surface area (Å²) in [4.78, 5) is 46.3. The van der Waals surface area contributed by atoms with E-state index < -0.39 is 53.4 Å². The number of likely N-dealkylation sites (tertiary alicyclic amines) is 1. The van der Waals surface area contributed by atoms with Crippen molar-refractivity contribution >= 4 is 17.7 Å². The Hall–Kier alpha value is -6.94. The van der Waals surface area contributed by atoms with Gasteiger partial charge in [0.05, 0.1) is 11.1 Å². The van der Waals surface area contributed by atoms with Gasteiger partial charge in [-0.2, -0.15) is 39.5 Å². The molecule has 0 unspecified atom stereocenters. The van der Waals surface area contributed by atoms with Gasteiger partial charge in [-0.1, -0.05) is 109 Å². The van der Waals surface area contributed by atoms with Crippen LogP contribution in [0.3, 0.4) is 0 Å². The number of alkyl halides is 9. The number of amides is 3. The zero-order valence-corrected chi connectivity index (χ0v) is 39.6. The lowest BCUT2D eigenvalue weighted by molar-refractivity contribution is -0.141. The van der Waals surface area contributed by atoms with E-state index in [4.69, 9.17) is 0 Å². The van der Waals surface area contributed by atoms with Crippen molar-refractivity contribution in [3.63, 3.8) is 0 Å². The molecule has 1 aliphatic carbocycles. The molecule has 1 saturated heterocycles. The van der Waals surface area contributed by atoms with Gasteiger partial charge in [-0.25, -0.2) is 0 Å². The van der Waals surface area contributed by atoms with Crippen LogP contribution in [0.5, 0.6) is 0 Å². The Kier molecular flexibility index (Phi) is 15.8. The topological polar surface area (TPSA) is 81.8 Å². The number of nitrogens with one attached hydrogen (secondary N) is 2. The molecule has 0 saturated carbocycles. The van der Waals surface area contributed by atoms with E-state index in [1.54, 1.807) is 72.8 Å². The van der Waals surface area contributed by atoms with E-state index >= 15 is 0 Å². The molecule has 7 nitrogen and oxygen atoms in total. The number of carbonyl (C=O) groups excluding carboxylic acids is 3. The fourth-order valence-electron chi connectivity index (χ4n) is 10.3. The molecule has 0 atom stereocenters. The number of carbonyl (C=O) groups is 3. The fourth-order valence-corrected chi connectivity index (χ4v) is 10.3. The maximum absolute atomic E-state index is 14.8. The first-order valence-corrected chi connectivity index (χ1v) is 24.2. The summed E-state index contributed by atoms with van der Waals surface area (Å²) in [6.45, 7) is 0.856. The normalized spacial score (nSPS) is 14.8. The lowest BCUT2D eigenvalue weighted by Gasteiger charge is -2.39. The van der Waals surface area contributed by atoms with E-state index in [1.807, 2.05) is 29.2 Å². The molecule has 0 bridgehead atoms. The molecule has 16 heteroatoms. The highest BCUT2D eigenvalue weighted by molar-refractivity contribution is 6.02. The number of hydrogen-bond donors (Lipinski definition) is 2. The largest absolute Gasteiger partial charge is 0.416 e. The molecule has 2 N–H and O–H groups in total. The van der Waals surface area contributed by atoms with Crippen LogP contribution in [0.2, 0.25) is 0 Å². The summed E-state index contributed by atoms with van der Waals surface area (Å²) in [5.74, 6) is -1.39. The number of benzene rings is 6. The number of fused-ring (bicyclic) bond motifs is 3. The van der Waals surface area contributed by atoms with Crippen molar-refractivity contribution in [3.8, 4) is 33.4 Å². The molecule has 6 aromatic rings. The van der Waals surface area contributed by atoms with E-state index in [9.17, 15) is 53.9 Å². The van der Waals surface area contributed by atoms with Gasteiger partial charge < -0.3 is 20.4 Å². The minimum atomic E-state index is -4.60. The van der Waals surface area contributed by atoms with Gasteiger partial charge in [0.15, 0.2) is 0 Å². The molecule has 2 aliphatic rings. The van der Waals surface area contributed by atoms with Gasteiger partial charge >= 0.3 is 18.5 Å². The van der Waals surface area contributed by atoms with Gasteiger partial charge in [0, 0.05) is 43.3 Å². The highest BCUT2D eigenvalue weighted by atomic mass is 19.4. The zero-order valence-electron chi connectivity index (χ0n) is 39.6. The quantitative estimate of drug-likeness (QED) is 0.0704. The molecular weight excluding hydrogens is 960 g/mol. The number of nitrogens with zero attached hydrogens (tertiary/aromatic N) is 2. The monoisotopic (exact) mass is 1010 g/mol. The average Bonchev–Trinajstić information content (AvgIpc) is 3.67. The molecule has 6 aromatic carbocycles. The molecular formula is C57H53F9N4O3. The van der Waals surface area contributed by atoms with Crippen molar-refractivity contribution in [1.82, 2.24) is 20.4 Å². The summed E-state index contributed by atoms with van der Waals surface area (Å²) in [5, 5.41) is 5.10. The zero-order chi connectivity index (χ0) is 52.0. The molecule has 73 heavy (non-hydrogen) atoms. The first kappa shape index (κ1) is 52.4. The van der Waals surface area contributed by atoms with Crippen LogP contribution in [0.15, 0.2) is 146 Å². The highest BCUT2D eigenvalue weighted by Gasteiger charge is 2.49. The highest BCUT2D eigenvalue weighted by Crippen LogP contribution is 2.51. The van der Waals surface area contributed by atoms with Gasteiger partial charge in [0.2, 0.25) is 5.91 Å². The summed E-state index contributed by atoms with van der Waals surface area (Å²) < 4.78 is 121. The van der Waals surface area contributed by atoms with Crippen LogP contribution in [-0.4, -0.2) is 79.0 Å². The Morgan fingerprint density at radius 3 is 1.55 bits per heavy atom. The smallest absolute Gasteiger partial charge is 0.352 e. The molecule has 8 rings (SSSR count). The van der Waals surface area contributed by atoms with E-state index in [0.717, 1.165) is 35.4 Å². The summed E-state index contributed by atoms with van der Waals surface area (Å²) >= 11 is 0. The van der Waals surface area contributed by atoms with Crippen LogP contribution < -0.4 is 10.6 Å². The Morgan fingerprint density at radius 1 is 0.548 bits per heavy atom. The maximum Gasteiger partial charge on any atom is 0.416 e. The van der Waals surface area contributed by atoms with Crippen LogP contribution in [-0.2, 0) is 22.6 Å². The Balaban J connectivity index is 0.938. The standard InChI is InChI=1S/C57H53F9N4O3/c58-55(59,60)37-68-53(73)54(49-19-8-6-15-45(49)46-16-7-9-20-50(46)54)31-12-33-69-35-29-42(30-36-69)70(52(72)48-18-5-3-14-44(48)39-23-27-41(28-24-39)57(64,65)66)34-11-1-10-32-67-51(71)47-17-4-2-13-43(47)38-21-25-40(26-22-38)56(61,62)63/h2-9,13-28,42H,1,10-12,29-37H2,(H,67,71)(H,68,73). The summed E-state index contributed by atoms with van der Waals surface area (Å²) in [6.07, 6.45) is -10.1. The third-order valence-electron chi connectivity index (χ3n) is 13.9. The van der Waals surface area contributed by atoms with E-state index in [1.165, 1.54) is 24.3 Å². The number of hydrogen-bond acceptors (Lipinski definition) is 4. The first-order valence-electron chi connectivity index (χ1n) is 24.2. The van der Waals surface area contributed by atoms with Gasteiger partial charge in [-0.15, -0.1) is 0 Å². The second-order valence-corrected chi connectivity index (χ2v) is 18.5. The van der Waals surface area contributed by atoms with Crippen molar-refractivity contribution in [2.45, 2.75) is 74.9 Å². The molecule has 3 amide bonds. The van der Waals surface area contributed by atoms with E-state index in [0.29, 0.717) is 109 Å². The maximum atomic E-state index is 14.8. The van der Waals surface area contributed by atoms with Gasteiger partial charge in [-0.3, -0.25) is 14.4 Å². The van der Waals surface area contributed by atoms with Crippen LogP contribution in [0.4, 0.5) is 39.5 Å². The Morgan fingerprint density at radius 2 is 1.03 bits per heavy atom. The third kappa shape index (κ3) is 12.0. The second kappa shape index (κ2) is 22.0. The van der Waals surface area contributed by atoms with Crippen LogP contribution in [0.1, 0.15) is 87.9 Å². The molecule has 1 fully saturated rings. The van der Waals surface area contributed by atoms with Crippen molar-refractivity contribution in [2.75, 3.05) is 39.3 Å². The molecule has 382 valence electrons. The average molecular weight is 1010 g/mol. The molecule has 0 radical (unpaired) electrons. The third-order valence-corrected chi connectivity index (χ3v) is 13.9. The van der Waals surface area contributed by atoms with Gasteiger partial charge in [0.25, 0.3) is 11.8 Å². The number of unbranched alkanes of at least 4 members (excludes halogenated alkanes) is 2.